The first-order valence-corrected chi connectivity index (χ1v) is 44.5. The molecule has 0 aromatic carbocycles. The number of ether oxygens (including phenoxy) is 12. The second-order valence-corrected chi connectivity index (χ2v) is 33.5. The van der Waals surface area contributed by atoms with Crippen LogP contribution in [0.1, 0.15) is 247 Å². The van der Waals surface area contributed by atoms with Crippen LogP contribution in [0.2, 0.25) is 0 Å². The van der Waals surface area contributed by atoms with E-state index >= 15 is 0 Å². The van der Waals surface area contributed by atoms with Crippen LogP contribution >= 0.6 is 0 Å². The summed E-state index contributed by atoms with van der Waals surface area (Å²) in [5.41, 5.74) is 0. The zero-order chi connectivity index (χ0) is 88.9. The van der Waals surface area contributed by atoms with Crippen LogP contribution in [0, 0.1) is 0 Å². The number of amides is 3. The predicted octanol–water partition coefficient (Wildman–Crippen LogP) is -0.630. The third-order valence-electron chi connectivity index (χ3n) is 23.7. The van der Waals surface area contributed by atoms with Gasteiger partial charge in [0, 0.05) is 26.7 Å². The molecule has 3 amide bonds. The second kappa shape index (κ2) is 56.0. The molecule has 0 radical (unpaired) electrons. The molecule has 6 fully saturated rings. The highest BCUT2D eigenvalue weighted by molar-refractivity contribution is 5.77. The monoisotopic (exact) mass is 1750 g/mol. The Labute approximate surface area is 710 Å². The van der Waals surface area contributed by atoms with Gasteiger partial charge in [-0.2, -0.15) is 0 Å². The Balaban J connectivity index is 1.15. The number of hydrogen-bond donors (Lipinski definition) is 22. The fourth-order valence-electron chi connectivity index (χ4n) is 16.5. The molecule has 33 atom stereocenters. The third kappa shape index (κ3) is 32.5. The number of allylic oxidation sites excluding steroid dienone is 1. The van der Waals surface area contributed by atoms with E-state index in [0.717, 1.165) is 65.2 Å². The molecular weight excluding hydrogens is 1600 g/mol. The van der Waals surface area contributed by atoms with Crippen LogP contribution in [-0.4, -0.2) is 362 Å². The molecule has 0 aromatic heterocycles. The van der Waals surface area contributed by atoms with E-state index in [9.17, 15) is 116 Å². The highest BCUT2D eigenvalue weighted by Gasteiger charge is 2.62. The first-order chi connectivity index (χ1) is 58.0. The van der Waals surface area contributed by atoms with E-state index < -0.39 is 266 Å². The smallest absolute Gasteiger partial charge is 0.364 e. The molecular formula is C83H149N3O35. The zero-order valence-electron chi connectivity index (χ0n) is 71.2. The SMILES string of the molecule is CCCCCCCCCCCCC/C=C/[C@@H](O)[C@H](CO[C@@H]1OC(CO)[C@@H](O[C@@H]2OC(CO)[C@H](O[C@@H]3OC(CO)[C@H](O[C@H]4OC(C)[C@@H](O)C(O)[C@@H]4O)[C@H](O[C@@H]4OC(CO)[C@H](O)[C@H](O[C@]5(C(=O)O)CC(O)[C@@H](NC(C)=O)C([C@H](O)[C@H](O)CO)O5)C4O)C3NC(C)=O)[C@H](O)C2O)[C@H](O)C1O)NC(=O)CCCCCCCCCCCCCCCCCCCCC. The van der Waals surface area contributed by atoms with Crippen LogP contribution in [0.5, 0.6) is 0 Å². The number of aliphatic hydroxyl groups is 18. The minimum atomic E-state index is -3.29. The Morgan fingerprint density at radius 3 is 1.34 bits per heavy atom. The number of nitrogens with one attached hydrogen (secondary N) is 3. The molecule has 12 unspecified atom stereocenters. The maximum atomic E-state index is 13.6. The van der Waals surface area contributed by atoms with Crippen molar-refractivity contribution in [3.05, 3.63) is 12.2 Å². The van der Waals surface area contributed by atoms with Crippen LogP contribution in [0.4, 0.5) is 0 Å². The number of aliphatic carboxylic acids is 1. The Morgan fingerprint density at radius 1 is 0.446 bits per heavy atom. The highest BCUT2D eigenvalue weighted by Crippen LogP contribution is 2.41. The van der Waals surface area contributed by atoms with Crippen molar-refractivity contribution >= 4 is 23.7 Å². The molecule has 706 valence electrons. The van der Waals surface area contributed by atoms with E-state index in [1.54, 1.807) is 6.08 Å². The second-order valence-electron chi connectivity index (χ2n) is 33.5. The number of unbranched alkanes of at least 4 members (excludes halogenated alkanes) is 29. The van der Waals surface area contributed by atoms with Crippen LogP contribution in [-0.2, 0) is 76.0 Å². The molecule has 6 aliphatic heterocycles. The van der Waals surface area contributed by atoms with E-state index in [1.165, 1.54) is 142 Å². The quantitative estimate of drug-likeness (QED) is 0.0266. The molecule has 0 aromatic rings. The van der Waals surface area contributed by atoms with Gasteiger partial charge in [-0.3, -0.25) is 14.4 Å². The summed E-state index contributed by atoms with van der Waals surface area (Å²) in [6.45, 7) is 1.55. The van der Waals surface area contributed by atoms with Gasteiger partial charge in [0.15, 0.2) is 31.5 Å². The summed E-state index contributed by atoms with van der Waals surface area (Å²) >= 11 is 0. The first-order valence-electron chi connectivity index (χ1n) is 44.5. The van der Waals surface area contributed by atoms with Crippen molar-refractivity contribution in [1.82, 2.24) is 16.0 Å². The predicted molar refractivity (Wildman–Crippen MR) is 428 cm³/mol. The van der Waals surface area contributed by atoms with Crippen molar-refractivity contribution in [2.75, 3.05) is 39.6 Å². The van der Waals surface area contributed by atoms with Gasteiger partial charge in [-0.05, 0) is 26.2 Å². The van der Waals surface area contributed by atoms with Crippen LogP contribution < -0.4 is 16.0 Å². The molecule has 0 aliphatic carbocycles. The summed E-state index contributed by atoms with van der Waals surface area (Å²) in [5.74, 6) is -7.59. The van der Waals surface area contributed by atoms with Crippen molar-refractivity contribution in [3.63, 3.8) is 0 Å². The average molecular weight is 1750 g/mol. The fourth-order valence-corrected chi connectivity index (χ4v) is 16.5. The molecule has 6 saturated heterocycles. The molecule has 0 spiro atoms. The van der Waals surface area contributed by atoms with Gasteiger partial charge in [0.25, 0.3) is 5.79 Å². The molecule has 22 N–H and O–H groups in total. The maximum Gasteiger partial charge on any atom is 0.364 e. The lowest BCUT2D eigenvalue weighted by atomic mass is 9.88. The van der Waals surface area contributed by atoms with Gasteiger partial charge in [-0.25, -0.2) is 4.79 Å². The van der Waals surface area contributed by atoms with Gasteiger partial charge in [-0.1, -0.05) is 206 Å². The molecule has 0 bridgehead atoms. The van der Waals surface area contributed by atoms with E-state index in [4.69, 9.17) is 56.8 Å². The summed E-state index contributed by atoms with van der Waals surface area (Å²) in [6, 6.07) is -4.81. The Hall–Kier alpha value is -3.58. The molecule has 6 heterocycles. The van der Waals surface area contributed by atoms with E-state index in [2.05, 4.69) is 29.8 Å². The van der Waals surface area contributed by atoms with Gasteiger partial charge < -0.3 is 170 Å². The largest absolute Gasteiger partial charge is 0.477 e. The summed E-state index contributed by atoms with van der Waals surface area (Å²) in [4.78, 5) is 52.8. The van der Waals surface area contributed by atoms with Gasteiger partial charge in [0.05, 0.1) is 70.0 Å². The Morgan fingerprint density at radius 2 is 0.851 bits per heavy atom. The zero-order valence-corrected chi connectivity index (χ0v) is 71.2. The molecule has 38 heteroatoms. The number of hydrogen-bond acceptors (Lipinski definition) is 34. The summed E-state index contributed by atoms with van der Waals surface area (Å²) in [7, 11) is 0. The molecule has 0 saturated carbocycles. The molecule has 6 aliphatic rings. The highest BCUT2D eigenvalue weighted by atomic mass is 16.8. The van der Waals surface area contributed by atoms with Gasteiger partial charge in [0.1, 0.15) is 134 Å². The van der Waals surface area contributed by atoms with Crippen LogP contribution in [0.25, 0.3) is 0 Å². The van der Waals surface area contributed by atoms with E-state index in [0.29, 0.717) is 12.8 Å². The van der Waals surface area contributed by atoms with Crippen molar-refractivity contribution in [2.24, 2.45) is 0 Å². The number of rotatable bonds is 58. The molecule has 38 nitrogen and oxygen atoms in total. The van der Waals surface area contributed by atoms with Crippen LogP contribution in [0.15, 0.2) is 12.2 Å². The number of carboxylic acids is 1. The fraction of sp³-hybridized carbons (Fsp3) is 0.928. The standard InChI is InChI=1S/C83H149N3O35/c1-6-8-10-12-14-16-18-20-21-22-23-24-25-27-29-31-33-35-37-39-58(97)86-50(51(94)38-36-34-32-30-28-26-19-17-15-13-11-9-7-2)46-110-78-68(105)65(102)72(55(43-89)114-78)117-80-69(106)66(103)71(56(44-90)115-80)116-77-60(85-49(5)93)75(73(57(45-91)113-77)118-79-67(104)64(101)61(98)47(3)111-79)119-81-70(107)76(63(100)54(42-88)112-81)121-83(82(108)109)40-52(95)59(84-48(4)92)74(120-83)62(99)53(96)41-87/h36,38,47,50-57,59-81,87-91,94-96,98-107H,6-35,37,39-46H2,1-5H3,(H,84,92)(H,85,93)(H,86,97)(H,108,109)/b38-36+/t47?,50-,51+,52?,53+,54?,55?,56?,57?,59+,60?,61+,62+,63-,64?,65+,66+,67-,68?,69?,70?,71-,72+,73-,74?,75+,76-,77-,78+,79+,80-,81-,83-/m0/s1. The lowest BCUT2D eigenvalue weighted by Gasteiger charge is -2.52. The Kier molecular flexibility index (Phi) is 49.1. The number of carbonyl (C=O) groups is 4. The average Bonchev–Trinajstić information content (AvgIpc) is 0.750. The number of carbonyl (C=O) groups excluding carboxylic acids is 3. The maximum absolute atomic E-state index is 13.6. The minimum absolute atomic E-state index is 0.159. The van der Waals surface area contributed by atoms with Gasteiger partial charge in [-0.15, -0.1) is 0 Å². The first kappa shape index (κ1) is 106. The lowest BCUT2D eigenvalue weighted by molar-refractivity contribution is -0.398. The van der Waals surface area contributed by atoms with Crippen molar-refractivity contribution in [2.45, 2.75) is 448 Å². The summed E-state index contributed by atoms with van der Waals surface area (Å²) in [6.07, 6.45) is -20.3. The summed E-state index contributed by atoms with van der Waals surface area (Å²) < 4.78 is 72.2. The molecule has 121 heavy (non-hydrogen) atoms. The van der Waals surface area contributed by atoms with Crippen LogP contribution in [0.3, 0.4) is 0 Å². The number of aliphatic hydroxyl groups excluding tert-OH is 18. The van der Waals surface area contributed by atoms with E-state index in [1.807, 2.05) is 6.08 Å². The molecule has 6 rings (SSSR count). The summed E-state index contributed by atoms with van der Waals surface area (Å²) in [5, 5.41) is 221. The third-order valence-corrected chi connectivity index (χ3v) is 23.7. The van der Waals surface area contributed by atoms with Gasteiger partial charge >= 0.3 is 5.97 Å². The normalized spacial score (nSPS) is 35.8. The van der Waals surface area contributed by atoms with Crippen molar-refractivity contribution in [3.8, 4) is 0 Å². The number of carboxylic acid groups (broad SMARTS) is 1. The van der Waals surface area contributed by atoms with Gasteiger partial charge in [0.2, 0.25) is 17.7 Å². The van der Waals surface area contributed by atoms with E-state index in [-0.39, 0.29) is 12.3 Å². The lowest BCUT2D eigenvalue weighted by Crippen LogP contribution is -2.72. The van der Waals surface area contributed by atoms with Crippen molar-refractivity contribution < 1.29 is 173 Å². The topological polar surface area (TPSA) is 600 Å². The Bertz CT molecular complexity index is 2890. The minimum Gasteiger partial charge on any atom is -0.477 e. The van der Waals surface area contributed by atoms with Crippen molar-refractivity contribution in [1.29, 1.82) is 0 Å².